The summed E-state index contributed by atoms with van der Waals surface area (Å²) >= 11 is 4.01. The van der Waals surface area contributed by atoms with Crippen LogP contribution in [0.3, 0.4) is 0 Å². The fraction of sp³-hybridized carbons (Fsp3) is 0.0625. The molecule has 0 amide bonds. The van der Waals surface area contributed by atoms with Crippen LogP contribution in [0.1, 0.15) is 10.6 Å². The molecule has 0 bridgehead atoms. The summed E-state index contributed by atoms with van der Waals surface area (Å²) in [6.45, 7) is 0. The predicted octanol–water partition coefficient (Wildman–Crippen LogP) is 4.59. The molecule has 4 heteroatoms. The van der Waals surface area contributed by atoms with E-state index in [0.717, 1.165) is 22.8 Å². The van der Waals surface area contributed by atoms with E-state index in [2.05, 4.69) is 64.4 Å². The third-order valence-electron chi connectivity index (χ3n) is 3.03. The molecular formula is C16H13IN2S. The Morgan fingerprint density at radius 2 is 1.70 bits per heavy atom. The minimum Gasteiger partial charge on any atom is -0.399 e. The second kappa shape index (κ2) is 5.93. The normalized spacial score (nSPS) is 10.7. The fourth-order valence-electron chi connectivity index (χ4n) is 1.96. The number of aromatic nitrogens is 1. The van der Waals surface area contributed by atoms with Gasteiger partial charge in [0.15, 0.2) is 0 Å². The third kappa shape index (κ3) is 3.19. The largest absolute Gasteiger partial charge is 0.399 e. The van der Waals surface area contributed by atoms with Crippen molar-refractivity contribution in [1.82, 2.24) is 4.98 Å². The summed E-state index contributed by atoms with van der Waals surface area (Å²) in [5.74, 6) is 0. The summed E-state index contributed by atoms with van der Waals surface area (Å²) < 4.78 is 1.24. The van der Waals surface area contributed by atoms with Crippen molar-refractivity contribution in [2.45, 2.75) is 6.42 Å². The van der Waals surface area contributed by atoms with Gasteiger partial charge in [0.1, 0.15) is 0 Å². The molecule has 0 spiro atoms. The highest BCUT2D eigenvalue weighted by Crippen LogP contribution is 2.24. The van der Waals surface area contributed by atoms with Crippen LogP contribution in [-0.2, 0) is 6.42 Å². The monoisotopic (exact) mass is 392 g/mol. The lowest BCUT2D eigenvalue weighted by molar-refractivity contribution is 1.14. The molecule has 2 aromatic carbocycles. The first-order chi connectivity index (χ1) is 9.70. The van der Waals surface area contributed by atoms with Crippen LogP contribution in [0.15, 0.2) is 53.9 Å². The molecule has 0 saturated heterocycles. The Kier molecular flexibility index (Phi) is 4.03. The molecule has 0 atom stereocenters. The maximum Gasteiger partial charge on any atom is 0.0976 e. The fourth-order valence-corrected chi connectivity index (χ4v) is 3.15. The van der Waals surface area contributed by atoms with Gasteiger partial charge in [0, 0.05) is 26.6 Å². The van der Waals surface area contributed by atoms with Crippen molar-refractivity contribution < 1.29 is 0 Å². The van der Waals surface area contributed by atoms with Gasteiger partial charge in [0.2, 0.25) is 0 Å². The minimum atomic E-state index is 0.799. The zero-order chi connectivity index (χ0) is 13.9. The molecule has 2 N–H and O–H groups in total. The lowest BCUT2D eigenvalue weighted by Gasteiger charge is -1.99. The highest BCUT2D eigenvalue weighted by molar-refractivity contribution is 14.1. The molecule has 100 valence electrons. The standard InChI is InChI=1S/C16H13IN2S/c17-13-5-3-12(4-6-13)15-10-20-16(19-15)9-11-1-7-14(18)8-2-11/h1-8,10H,9,18H2. The molecule has 0 unspecified atom stereocenters. The van der Waals surface area contributed by atoms with Crippen LogP contribution in [0.2, 0.25) is 0 Å². The second-order valence-electron chi connectivity index (χ2n) is 4.55. The van der Waals surface area contributed by atoms with Crippen LogP contribution in [0.25, 0.3) is 11.3 Å². The van der Waals surface area contributed by atoms with Gasteiger partial charge in [0.25, 0.3) is 0 Å². The van der Waals surface area contributed by atoms with Crippen LogP contribution in [0.4, 0.5) is 5.69 Å². The van der Waals surface area contributed by atoms with Crippen molar-refractivity contribution in [3.05, 3.63) is 68.1 Å². The molecule has 0 radical (unpaired) electrons. The minimum absolute atomic E-state index is 0.799. The topological polar surface area (TPSA) is 38.9 Å². The van der Waals surface area contributed by atoms with Gasteiger partial charge in [-0.1, -0.05) is 24.3 Å². The number of nitrogens with two attached hydrogens (primary N) is 1. The molecular weight excluding hydrogens is 379 g/mol. The third-order valence-corrected chi connectivity index (χ3v) is 4.59. The Morgan fingerprint density at radius 1 is 1.00 bits per heavy atom. The van der Waals surface area contributed by atoms with Crippen molar-refractivity contribution in [3.8, 4) is 11.3 Å². The number of benzene rings is 2. The van der Waals surface area contributed by atoms with Crippen molar-refractivity contribution in [2.75, 3.05) is 5.73 Å². The average molecular weight is 392 g/mol. The maximum atomic E-state index is 5.70. The SMILES string of the molecule is Nc1ccc(Cc2nc(-c3ccc(I)cc3)cs2)cc1. The molecule has 1 heterocycles. The van der Waals surface area contributed by atoms with Gasteiger partial charge in [-0.15, -0.1) is 11.3 Å². The summed E-state index contributed by atoms with van der Waals surface area (Å²) in [5.41, 5.74) is 9.96. The molecule has 0 aliphatic carbocycles. The molecule has 3 rings (SSSR count). The Morgan fingerprint density at radius 3 is 2.40 bits per heavy atom. The zero-order valence-electron chi connectivity index (χ0n) is 10.7. The van der Waals surface area contributed by atoms with E-state index in [0.29, 0.717) is 0 Å². The van der Waals surface area contributed by atoms with Crippen LogP contribution in [-0.4, -0.2) is 4.98 Å². The van der Waals surface area contributed by atoms with E-state index in [4.69, 9.17) is 10.7 Å². The lowest BCUT2D eigenvalue weighted by atomic mass is 10.1. The first-order valence-electron chi connectivity index (χ1n) is 6.25. The molecule has 0 saturated carbocycles. The molecule has 0 fully saturated rings. The number of thiazole rings is 1. The Labute approximate surface area is 135 Å². The van der Waals surface area contributed by atoms with Crippen LogP contribution in [0.5, 0.6) is 0 Å². The van der Waals surface area contributed by atoms with Gasteiger partial charge in [-0.2, -0.15) is 0 Å². The van der Waals surface area contributed by atoms with Gasteiger partial charge in [0.05, 0.1) is 10.7 Å². The molecule has 0 aliphatic rings. The van der Waals surface area contributed by atoms with E-state index in [-0.39, 0.29) is 0 Å². The van der Waals surface area contributed by atoms with Crippen molar-refractivity contribution in [3.63, 3.8) is 0 Å². The quantitative estimate of drug-likeness (QED) is 0.523. The smallest absolute Gasteiger partial charge is 0.0976 e. The van der Waals surface area contributed by atoms with Crippen molar-refractivity contribution in [2.24, 2.45) is 0 Å². The van der Waals surface area contributed by atoms with Gasteiger partial charge >= 0.3 is 0 Å². The molecule has 3 aromatic rings. The first-order valence-corrected chi connectivity index (χ1v) is 8.21. The molecule has 2 nitrogen and oxygen atoms in total. The maximum absolute atomic E-state index is 5.70. The number of nitrogen functional groups attached to an aromatic ring is 1. The van der Waals surface area contributed by atoms with E-state index in [1.807, 2.05) is 12.1 Å². The highest BCUT2D eigenvalue weighted by atomic mass is 127. The van der Waals surface area contributed by atoms with E-state index in [9.17, 15) is 0 Å². The van der Waals surface area contributed by atoms with Gasteiger partial charge < -0.3 is 5.73 Å². The summed E-state index contributed by atoms with van der Waals surface area (Å²) in [5, 5.41) is 3.25. The zero-order valence-corrected chi connectivity index (χ0v) is 13.7. The summed E-state index contributed by atoms with van der Waals surface area (Å²) in [6, 6.07) is 16.4. The number of rotatable bonds is 3. The highest BCUT2D eigenvalue weighted by Gasteiger charge is 2.05. The number of halogens is 1. The second-order valence-corrected chi connectivity index (χ2v) is 6.74. The van der Waals surface area contributed by atoms with E-state index in [1.165, 1.54) is 14.7 Å². The summed E-state index contributed by atoms with van der Waals surface area (Å²) in [4.78, 5) is 4.71. The predicted molar refractivity (Wildman–Crippen MR) is 93.9 cm³/mol. The van der Waals surface area contributed by atoms with E-state index < -0.39 is 0 Å². The van der Waals surface area contributed by atoms with E-state index >= 15 is 0 Å². The number of hydrogen-bond donors (Lipinski definition) is 1. The number of hydrogen-bond acceptors (Lipinski definition) is 3. The number of nitrogens with zero attached hydrogens (tertiary/aromatic N) is 1. The lowest BCUT2D eigenvalue weighted by Crippen LogP contribution is -1.89. The van der Waals surface area contributed by atoms with Gasteiger partial charge in [-0.05, 0) is 52.4 Å². The molecule has 0 aliphatic heterocycles. The first kappa shape index (κ1) is 13.6. The van der Waals surface area contributed by atoms with Gasteiger partial charge in [-0.25, -0.2) is 4.98 Å². The Bertz CT molecular complexity index is 702. The van der Waals surface area contributed by atoms with Crippen LogP contribution in [0, 0.1) is 3.57 Å². The van der Waals surface area contributed by atoms with Crippen molar-refractivity contribution in [1.29, 1.82) is 0 Å². The Balaban J connectivity index is 1.80. The van der Waals surface area contributed by atoms with Gasteiger partial charge in [-0.3, -0.25) is 0 Å². The van der Waals surface area contributed by atoms with Crippen LogP contribution >= 0.6 is 33.9 Å². The van der Waals surface area contributed by atoms with E-state index in [1.54, 1.807) is 11.3 Å². The average Bonchev–Trinajstić information content (AvgIpc) is 2.91. The molecule has 20 heavy (non-hydrogen) atoms. The van der Waals surface area contributed by atoms with Crippen molar-refractivity contribution >= 4 is 39.6 Å². The number of anilines is 1. The Hall–Kier alpha value is -1.40. The molecule has 1 aromatic heterocycles. The summed E-state index contributed by atoms with van der Waals surface area (Å²) in [7, 11) is 0. The van der Waals surface area contributed by atoms with Crippen LogP contribution < -0.4 is 5.73 Å². The summed E-state index contributed by atoms with van der Waals surface area (Å²) in [6.07, 6.45) is 0.856.